The highest BCUT2D eigenvalue weighted by atomic mass is 35.5. The van der Waals surface area contributed by atoms with Crippen molar-refractivity contribution in [3.05, 3.63) is 101 Å². The summed E-state index contributed by atoms with van der Waals surface area (Å²) in [7, 11) is 0. The van der Waals surface area contributed by atoms with Crippen LogP contribution in [0.2, 0.25) is 5.02 Å². The molecule has 0 saturated carbocycles. The van der Waals surface area contributed by atoms with E-state index in [1.54, 1.807) is 36.4 Å². The summed E-state index contributed by atoms with van der Waals surface area (Å²) in [5.41, 5.74) is 2.99. The van der Waals surface area contributed by atoms with Crippen LogP contribution in [-0.2, 0) is 4.79 Å². The van der Waals surface area contributed by atoms with Crippen molar-refractivity contribution in [2.24, 2.45) is 0 Å². The van der Waals surface area contributed by atoms with Crippen LogP contribution in [0.3, 0.4) is 0 Å². The molecule has 0 bridgehead atoms. The number of hydrogen-bond acceptors (Lipinski definition) is 4. The molecule has 166 valence electrons. The van der Waals surface area contributed by atoms with Crippen LogP contribution in [0.15, 0.2) is 84.9 Å². The summed E-state index contributed by atoms with van der Waals surface area (Å²) in [6.07, 6.45) is -0.312. The van der Waals surface area contributed by atoms with E-state index in [1.807, 2.05) is 42.5 Å². The summed E-state index contributed by atoms with van der Waals surface area (Å²) in [6.45, 7) is 0. The number of hydrogen-bond donors (Lipinski definition) is 3. The fourth-order valence-corrected chi connectivity index (χ4v) is 3.70. The standard InChI is InChI=1S/C25H20ClN3O4/c26-19-8-4-5-9-22(19)29-23(30)14-21(28-29)25(33)27-20(15-24(31)32)18-12-10-17(11-13-18)16-6-2-1-3-7-16/h1-14,20,30H,15H2,(H,27,33)(H,31,32). The van der Waals surface area contributed by atoms with Crippen LogP contribution in [0.25, 0.3) is 16.8 Å². The predicted octanol–water partition coefficient (Wildman–Crippen LogP) is 4.84. The Morgan fingerprint density at radius 1 is 0.939 bits per heavy atom. The Morgan fingerprint density at radius 2 is 1.58 bits per heavy atom. The van der Waals surface area contributed by atoms with Crippen LogP contribution >= 0.6 is 11.6 Å². The van der Waals surface area contributed by atoms with Crippen LogP contribution in [0.5, 0.6) is 5.88 Å². The predicted molar refractivity (Wildman–Crippen MR) is 125 cm³/mol. The fourth-order valence-electron chi connectivity index (χ4n) is 3.48. The Morgan fingerprint density at radius 3 is 2.24 bits per heavy atom. The van der Waals surface area contributed by atoms with Crippen molar-refractivity contribution in [2.45, 2.75) is 12.5 Å². The highest BCUT2D eigenvalue weighted by Crippen LogP contribution is 2.26. The SMILES string of the molecule is O=C(O)CC(NC(=O)c1cc(O)n(-c2ccccc2Cl)n1)c1ccc(-c2ccccc2)cc1. The second-order valence-corrected chi connectivity index (χ2v) is 7.77. The molecule has 33 heavy (non-hydrogen) atoms. The van der Waals surface area contributed by atoms with E-state index in [4.69, 9.17) is 11.6 Å². The number of halogens is 1. The molecule has 4 rings (SSSR count). The van der Waals surface area contributed by atoms with Gasteiger partial charge in [-0.05, 0) is 28.8 Å². The van der Waals surface area contributed by atoms with Crippen molar-refractivity contribution >= 4 is 23.5 Å². The molecule has 3 N–H and O–H groups in total. The van der Waals surface area contributed by atoms with Gasteiger partial charge in [0.15, 0.2) is 5.69 Å². The number of aromatic nitrogens is 2. The zero-order valence-corrected chi connectivity index (χ0v) is 18.1. The Labute approximate surface area is 194 Å². The van der Waals surface area contributed by atoms with Crippen LogP contribution in [0.4, 0.5) is 0 Å². The number of benzene rings is 3. The molecule has 1 heterocycles. The lowest BCUT2D eigenvalue weighted by atomic mass is 9.99. The molecule has 1 amide bonds. The van der Waals surface area contributed by atoms with Gasteiger partial charge < -0.3 is 15.5 Å². The third-order valence-corrected chi connectivity index (χ3v) is 5.43. The van der Waals surface area contributed by atoms with Crippen LogP contribution in [0, 0.1) is 0 Å². The maximum Gasteiger partial charge on any atom is 0.305 e. The largest absolute Gasteiger partial charge is 0.493 e. The number of carboxylic acid groups (broad SMARTS) is 1. The van der Waals surface area contributed by atoms with E-state index >= 15 is 0 Å². The molecular formula is C25H20ClN3O4. The van der Waals surface area contributed by atoms with Gasteiger partial charge >= 0.3 is 5.97 Å². The van der Waals surface area contributed by atoms with E-state index in [9.17, 15) is 19.8 Å². The Bertz CT molecular complexity index is 1290. The van der Waals surface area contributed by atoms with Gasteiger partial charge in [-0.25, -0.2) is 0 Å². The normalized spacial score (nSPS) is 11.7. The first-order chi connectivity index (χ1) is 15.9. The van der Waals surface area contributed by atoms with E-state index in [0.29, 0.717) is 16.3 Å². The number of carbonyl (C=O) groups is 2. The number of aromatic hydroxyl groups is 1. The summed E-state index contributed by atoms with van der Waals surface area (Å²) in [5.74, 6) is -1.94. The van der Waals surface area contributed by atoms with Crippen molar-refractivity contribution in [1.29, 1.82) is 0 Å². The number of amides is 1. The lowest BCUT2D eigenvalue weighted by molar-refractivity contribution is -0.137. The summed E-state index contributed by atoms with van der Waals surface area (Å²) in [6, 6.07) is 24.3. The molecule has 0 radical (unpaired) electrons. The zero-order valence-electron chi connectivity index (χ0n) is 17.4. The minimum Gasteiger partial charge on any atom is -0.493 e. The first-order valence-electron chi connectivity index (χ1n) is 10.1. The van der Waals surface area contributed by atoms with Crippen molar-refractivity contribution < 1.29 is 19.8 Å². The number of nitrogens with one attached hydrogen (secondary N) is 1. The van der Waals surface area contributed by atoms with Gasteiger partial charge in [0.2, 0.25) is 5.88 Å². The third kappa shape index (κ3) is 5.05. The summed E-state index contributed by atoms with van der Waals surface area (Å²) < 4.78 is 1.15. The molecule has 0 aliphatic carbocycles. The Hall–Kier alpha value is -4.10. The molecule has 0 aliphatic heterocycles. The second kappa shape index (κ2) is 9.58. The van der Waals surface area contributed by atoms with Gasteiger partial charge in [-0.15, -0.1) is 0 Å². The van der Waals surface area contributed by atoms with Gasteiger partial charge in [-0.2, -0.15) is 9.78 Å². The lowest BCUT2D eigenvalue weighted by Gasteiger charge is -2.17. The zero-order chi connectivity index (χ0) is 23.4. The third-order valence-electron chi connectivity index (χ3n) is 5.11. The monoisotopic (exact) mass is 461 g/mol. The molecule has 4 aromatic rings. The maximum absolute atomic E-state index is 12.9. The Kier molecular flexibility index (Phi) is 6.42. The van der Waals surface area contributed by atoms with Gasteiger partial charge in [0.05, 0.1) is 23.2 Å². The van der Waals surface area contributed by atoms with Crippen LogP contribution in [-0.4, -0.2) is 31.9 Å². The summed E-state index contributed by atoms with van der Waals surface area (Å²) in [5, 5.41) is 26.8. The molecule has 0 spiro atoms. The minimum absolute atomic E-state index is 0.0660. The summed E-state index contributed by atoms with van der Waals surface area (Å²) in [4.78, 5) is 24.3. The molecule has 8 heteroatoms. The van der Waals surface area contributed by atoms with Gasteiger partial charge in [0.25, 0.3) is 5.91 Å². The van der Waals surface area contributed by atoms with Crippen LogP contribution < -0.4 is 5.32 Å². The fraction of sp³-hybridized carbons (Fsp3) is 0.0800. The highest BCUT2D eigenvalue weighted by molar-refractivity contribution is 6.32. The average Bonchev–Trinajstić information content (AvgIpc) is 3.21. The molecule has 0 saturated heterocycles. The van der Waals surface area contributed by atoms with Crippen LogP contribution in [0.1, 0.15) is 28.5 Å². The number of carbonyl (C=O) groups excluding carboxylic acids is 1. The molecular weight excluding hydrogens is 442 g/mol. The molecule has 1 atom stereocenters. The first-order valence-corrected chi connectivity index (χ1v) is 10.5. The number of carboxylic acids is 1. The maximum atomic E-state index is 12.9. The number of nitrogens with zero attached hydrogens (tertiary/aromatic N) is 2. The van der Waals surface area contributed by atoms with Crippen molar-refractivity contribution in [1.82, 2.24) is 15.1 Å². The van der Waals surface area contributed by atoms with Gasteiger partial charge in [-0.1, -0.05) is 78.3 Å². The van der Waals surface area contributed by atoms with Gasteiger partial charge in [0, 0.05) is 6.07 Å². The van der Waals surface area contributed by atoms with Crippen molar-refractivity contribution in [3.63, 3.8) is 0 Å². The average molecular weight is 462 g/mol. The molecule has 0 fully saturated rings. The lowest BCUT2D eigenvalue weighted by Crippen LogP contribution is -2.30. The molecule has 0 aliphatic rings. The number of aliphatic carboxylic acids is 1. The van der Waals surface area contributed by atoms with Gasteiger partial charge in [0.1, 0.15) is 0 Å². The second-order valence-electron chi connectivity index (χ2n) is 7.36. The molecule has 7 nitrogen and oxygen atoms in total. The van der Waals surface area contributed by atoms with Gasteiger partial charge in [-0.3, -0.25) is 9.59 Å². The number of rotatable bonds is 7. The van der Waals surface area contributed by atoms with E-state index in [-0.39, 0.29) is 18.0 Å². The van der Waals surface area contributed by atoms with Crippen molar-refractivity contribution in [2.75, 3.05) is 0 Å². The summed E-state index contributed by atoms with van der Waals surface area (Å²) >= 11 is 6.16. The van der Waals surface area contributed by atoms with E-state index < -0.39 is 17.9 Å². The smallest absolute Gasteiger partial charge is 0.305 e. The molecule has 3 aromatic carbocycles. The Balaban J connectivity index is 1.57. The van der Waals surface area contributed by atoms with E-state index in [2.05, 4.69) is 10.4 Å². The van der Waals surface area contributed by atoms with E-state index in [1.165, 1.54) is 6.07 Å². The highest BCUT2D eigenvalue weighted by Gasteiger charge is 2.22. The molecule has 1 unspecified atom stereocenters. The quantitative estimate of drug-likeness (QED) is 0.365. The first kappa shape index (κ1) is 22.1. The number of para-hydroxylation sites is 1. The van der Waals surface area contributed by atoms with Crippen molar-refractivity contribution in [3.8, 4) is 22.7 Å². The van der Waals surface area contributed by atoms with E-state index in [0.717, 1.165) is 15.8 Å². The molecule has 1 aromatic heterocycles. The topological polar surface area (TPSA) is 104 Å². The minimum atomic E-state index is -1.06.